The van der Waals surface area contributed by atoms with Gasteiger partial charge in [-0.15, -0.1) is 0 Å². The minimum atomic E-state index is -0.912. The molecule has 0 bridgehead atoms. The third-order valence-corrected chi connectivity index (χ3v) is 1.96. The Morgan fingerprint density at radius 2 is 2.09 bits per heavy atom. The first kappa shape index (κ1) is 7.45. The molecule has 3 unspecified atom stereocenters. The van der Waals surface area contributed by atoms with Crippen molar-refractivity contribution in [3.63, 3.8) is 0 Å². The van der Waals surface area contributed by atoms with E-state index < -0.39 is 12.7 Å². The molecule has 2 aliphatic heterocycles. The summed E-state index contributed by atoms with van der Waals surface area (Å²) >= 11 is 0. The van der Waals surface area contributed by atoms with Crippen LogP contribution in [0.3, 0.4) is 0 Å². The van der Waals surface area contributed by atoms with Crippen LogP contribution in [0, 0.1) is 0 Å². The molecule has 3 N–H and O–H groups in total. The Balaban J connectivity index is 1.84. The lowest BCUT2D eigenvalue weighted by Crippen LogP contribution is -2.48. The lowest BCUT2D eigenvalue weighted by atomic mass is 10.1. The zero-order valence-corrected chi connectivity index (χ0v) is 5.93. The van der Waals surface area contributed by atoms with Crippen molar-refractivity contribution in [3.8, 4) is 0 Å². The van der Waals surface area contributed by atoms with Crippen molar-refractivity contribution >= 4 is 0 Å². The maximum absolute atomic E-state index is 8.97. The fraction of sp³-hybridized carbons (Fsp3) is 1.00. The molecule has 2 rings (SSSR count). The maximum Gasteiger partial charge on any atom is 0.213 e. The van der Waals surface area contributed by atoms with Gasteiger partial charge in [0.25, 0.3) is 0 Å². The van der Waals surface area contributed by atoms with Gasteiger partial charge < -0.3 is 19.7 Å². The van der Waals surface area contributed by atoms with Gasteiger partial charge in [0.1, 0.15) is 6.10 Å². The van der Waals surface area contributed by atoms with Crippen LogP contribution in [0.1, 0.15) is 6.42 Å². The average molecular weight is 161 g/mol. The van der Waals surface area contributed by atoms with Crippen molar-refractivity contribution < 1.29 is 19.7 Å². The number of hydrogen-bond acceptors (Lipinski definition) is 5. The van der Waals surface area contributed by atoms with Crippen molar-refractivity contribution in [1.82, 2.24) is 5.32 Å². The number of rotatable bonds is 1. The van der Waals surface area contributed by atoms with E-state index in [0.29, 0.717) is 6.61 Å². The topological polar surface area (TPSA) is 74.2 Å². The molecule has 2 saturated heterocycles. The van der Waals surface area contributed by atoms with E-state index in [1.54, 1.807) is 0 Å². The van der Waals surface area contributed by atoms with Crippen LogP contribution < -0.4 is 5.32 Å². The molecule has 2 fully saturated rings. The first-order chi connectivity index (χ1) is 5.27. The number of aliphatic hydroxyl groups excluding tert-OH is 2. The highest BCUT2D eigenvalue weighted by Crippen LogP contribution is 2.25. The molecule has 0 aromatic rings. The van der Waals surface area contributed by atoms with Gasteiger partial charge in [-0.25, -0.2) is 0 Å². The summed E-state index contributed by atoms with van der Waals surface area (Å²) in [5.74, 6) is 0. The lowest BCUT2D eigenvalue weighted by molar-refractivity contribution is -0.152. The maximum atomic E-state index is 8.97. The van der Waals surface area contributed by atoms with E-state index in [4.69, 9.17) is 19.7 Å². The number of ether oxygens (including phenoxy) is 2. The van der Waals surface area contributed by atoms with Crippen molar-refractivity contribution in [2.45, 2.75) is 31.3 Å². The molecule has 5 nitrogen and oxygen atoms in total. The molecule has 2 aliphatic rings. The number of nitrogens with one attached hydrogen (secondary N) is 1. The molecule has 0 spiro atoms. The smallest absolute Gasteiger partial charge is 0.213 e. The van der Waals surface area contributed by atoms with E-state index in [-0.39, 0.29) is 12.1 Å². The first-order valence-corrected chi connectivity index (χ1v) is 3.66. The monoisotopic (exact) mass is 161 g/mol. The predicted octanol–water partition coefficient (Wildman–Crippen LogP) is -1.64. The van der Waals surface area contributed by atoms with Crippen LogP contribution in [0.15, 0.2) is 0 Å². The van der Waals surface area contributed by atoms with Gasteiger partial charge in [0, 0.05) is 6.04 Å². The van der Waals surface area contributed by atoms with E-state index in [1.807, 2.05) is 0 Å². The first-order valence-electron chi connectivity index (χ1n) is 3.66. The van der Waals surface area contributed by atoms with Crippen LogP contribution in [0.2, 0.25) is 0 Å². The van der Waals surface area contributed by atoms with Gasteiger partial charge in [-0.1, -0.05) is 0 Å². The summed E-state index contributed by atoms with van der Waals surface area (Å²) in [6, 6.07) is 0.0220. The summed E-state index contributed by atoms with van der Waals surface area (Å²) in [7, 11) is 0. The van der Waals surface area contributed by atoms with E-state index >= 15 is 0 Å². The zero-order chi connectivity index (χ0) is 7.84. The largest absolute Gasteiger partial charge is 0.366 e. The van der Waals surface area contributed by atoms with Crippen molar-refractivity contribution in [1.29, 1.82) is 0 Å². The second kappa shape index (κ2) is 2.69. The molecular formula is C6H11NO4. The molecule has 64 valence electrons. The van der Waals surface area contributed by atoms with Gasteiger partial charge in [0.15, 0.2) is 6.29 Å². The normalized spacial score (nSPS) is 50.7. The third kappa shape index (κ3) is 1.52. The van der Waals surface area contributed by atoms with Crippen LogP contribution in [0.5, 0.6) is 0 Å². The van der Waals surface area contributed by atoms with Crippen LogP contribution in [-0.2, 0) is 9.47 Å². The minimum Gasteiger partial charge on any atom is -0.366 e. The van der Waals surface area contributed by atoms with E-state index in [1.165, 1.54) is 0 Å². The summed E-state index contributed by atoms with van der Waals surface area (Å²) in [5.41, 5.74) is 0. The van der Waals surface area contributed by atoms with Gasteiger partial charge in [0.05, 0.1) is 6.61 Å². The second-order valence-corrected chi connectivity index (χ2v) is 2.78. The molecule has 0 aromatic heterocycles. The standard InChI is InChI=1S/C6H11NO4/c8-5-4(11-5)3-1-2-10-6(9)7-3/h3-9H,1-2H2/t3-,4?,5?,6?/m0/s1. The molecule has 0 radical (unpaired) electrons. The van der Waals surface area contributed by atoms with Crippen molar-refractivity contribution in [3.05, 3.63) is 0 Å². The zero-order valence-electron chi connectivity index (χ0n) is 5.93. The Morgan fingerprint density at radius 3 is 2.64 bits per heavy atom. The summed E-state index contributed by atoms with van der Waals surface area (Å²) in [5, 5.41) is 20.6. The molecule has 0 saturated carbocycles. The molecule has 11 heavy (non-hydrogen) atoms. The molecule has 2 heterocycles. The van der Waals surface area contributed by atoms with Crippen molar-refractivity contribution in [2.24, 2.45) is 0 Å². The van der Waals surface area contributed by atoms with Gasteiger partial charge in [-0.2, -0.15) is 0 Å². The lowest BCUT2D eigenvalue weighted by Gasteiger charge is -2.26. The highest BCUT2D eigenvalue weighted by atomic mass is 16.7. The Labute approximate surface area is 63.9 Å². The Bertz CT molecular complexity index is 154. The Hall–Kier alpha value is -0.200. The predicted molar refractivity (Wildman–Crippen MR) is 34.4 cm³/mol. The van der Waals surface area contributed by atoms with Gasteiger partial charge in [-0.3, -0.25) is 5.32 Å². The fourth-order valence-electron chi connectivity index (χ4n) is 1.29. The number of aliphatic hydroxyl groups is 2. The Morgan fingerprint density at radius 1 is 1.36 bits per heavy atom. The molecule has 0 amide bonds. The SMILES string of the molecule is OC1N[C@H](C2OC2O)CCO1. The summed E-state index contributed by atoms with van der Waals surface area (Å²) in [6.45, 7) is 0.505. The Kier molecular flexibility index (Phi) is 1.82. The quantitative estimate of drug-likeness (QED) is 0.402. The fourth-order valence-corrected chi connectivity index (χ4v) is 1.29. The highest BCUT2D eigenvalue weighted by Gasteiger charge is 2.45. The van der Waals surface area contributed by atoms with Crippen LogP contribution in [-0.4, -0.2) is 41.7 Å². The van der Waals surface area contributed by atoms with Crippen LogP contribution in [0.25, 0.3) is 0 Å². The van der Waals surface area contributed by atoms with Crippen LogP contribution >= 0.6 is 0 Å². The van der Waals surface area contributed by atoms with E-state index in [9.17, 15) is 0 Å². The molecular weight excluding hydrogens is 150 g/mol. The van der Waals surface area contributed by atoms with Gasteiger partial charge in [0.2, 0.25) is 6.41 Å². The summed E-state index contributed by atoms with van der Waals surface area (Å²) in [6.07, 6.45) is -0.963. The number of hydrogen-bond donors (Lipinski definition) is 3. The average Bonchev–Trinajstić information content (AvgIpc) is 2.67. The molecule has 4 atom stereocenters. The molecule has 5 heteroatoms. The van der Waals surface area contributed by atoms with Crippen LogP contribution in [0.4, 0.5) is 0 Å². The van der Waals surface area contributed by atoms with Crippen molar-refractivity contribution in [2.75, 3.05) is 6.61 Å². The number of epoxide rings is 1. The van der Waals surface area contributed by atoms with E-state index in [0.717, 1.165) is 6.42 Å². The summed E-state index contributed by atoms with van der Waals surface area (Å²) in [4.78, 5) is 0. The van der Waals surface area contributed by atoms with Gasteiger partial charge in [-0.05, 0) is 6.42 Å². The minimum absolute atomic E-state index is 0.0220. The summed E-state index contributed by atoms with van der Waals surface area (Å²) < 4.78 is 9.66. The van der Waals surface area contributed by atoms with E-state index in [2.05, 4.69) is 5.32 Å². The highest BCUT2D eigenvalue weighted by molar-refractivity contribution is 4.89. The second-order valence-electron chi connectivity index (χ2n) is 2.78. The third-order valence-electron chi connectivity index (χ3n) is 1.96. The van der Waals surface area contributed by atoms with Gasteiger partial charge >= 0.3 is 0 Å². The molecule has 0 aliphatic carbocycles. The molecule has 0 aromatic carbocycles.